The van der Waals surface area contributed by atoms with Crippen molar-refractivity contribution in [2.75, 3.05) is 10.6 Å². The van der Waals surface area contributed by atoms with Crippen LogP contribution >= 0.6 is 27.7 Å². The second kappa shape index (κ2) is 11.7. The van der Waals surface area contributed by atoms with E-state index in [2.05, 4.69) is 26.6 Å². The molecular weight excluding hydrogens is 542 g/mol. The van der Waals surface area contributed by atoms with Crippen LogP contribution in [0.2, 0.25) is 0 Å². The Morgan fingerprint density at radius 1 is 0.806 bits per heavy atom. The topological polar surface area (TPSA) is 101 Å². The van der Waals surface area contributed by atoms with Crippen molar-refractivity contribution in [1.82, 2.24) is 0 Å². The summed E-state index contributed by atoms with van der Waals surface area (Å²) in [6.45, 7) is 0. The predicted molar refractivity (Wildman–Crippen MR) is 145 cm³/mol. The van der Waals surface area contributed by atoms with Gasteiger partial charge in [0.25, 0.3) is 11.6 Å². The summed E-state index contributed by atoms with van der Waals surface area (Å²) in [5.41, 5.74) is 2.13. The minimum absolute atomic E-state index is 0.150. The molecule has 4 aromatic carbocycles. The summed E-state index contributed by atoms with van der Waals surface area (Å²) in [7, 11) is 0. The van der Waals surface area contributed by atoms with Crippen molar-refractivity contribution >= 4 is 56.6 Å². The Kier molecular flexibility index (Phi) is 8.14. The molecule has 0 aromatic heterocycles. The fourth-order valence-corrected chi connectivity index (χ4v) is 4.65. The van der Waals surface area contributed by atoms with Gasteiger partial charge in [0.15, 0.2) is 0 Å². The van der Waals surface area contributed by atoms with Crippen molar-refractivity contribution in [2.24, 2.45) is 0 Å². The second-order valence-corrected chi connectivity index (χ2v) is 9.78. The Hall–Kier alpha value is -3.95. The first-order valence-corrected chi connectivity index (χ1v) is 12.5. The van der Waals surface area contributed by atoms with Gasteiger partial charge >= 0.3 is 0 Å². The monoisotopic (exact) mass is 561 g/mol. The molecule has 36 heavy (non-hydrogen) atoms. The summed E-state index contributed by atoms with van der Waals surface area (Å²) in [5, 5.41) is 16.2. The van der Waals surface area contributed by atoms with Crippen LogP contribution in [0.3, 0.4) is 0 Å². The molecular formula is C27H20BrN3O4S. The quantitative estimate of drug-likeness (QED) is 0.136. The van der Waals surface area contributed by atoms with Crippen molar-refractivity contribution in [3.05, 3.63) is 129 Å². The number of thioether (sulfide) groups is 1. The van der Waals surface area contributed by atoms with Gasteiger partial charge in [-0.2, -0.15) is 0 Å². The van der Waals surface area contributed by atoms with Gasteiger partial charge in [-0.15, -0.1) is 11.8 Å². The third-order valence-electron chi connectivity index (χ3n) is 5.14. The molecule has 0 aliphatic rings. The van der Waals surface area contributed by atoms with Gasteiger partial charge in [0.2, 0.25) is 5.91 Å². The Balaban J connectivity index is 1.47. The average molecular weight is 562 g/mol. The van der Waals surface area contributed by atoms with Gasteiger partial charge in [-0.25, -0.2) is 0 Å². The lowest BCUT2D eigenvalue weighted by molar-refractivity contribution is -0.384. The SMILES string of the molecule is O=C(Nc1ccc(SC(C(=O)Nc2ccc(Br)cc2)c2ccccc2)cc1)c1cccc([N+](=O)[O-])c1. The van der Waals surface area contributed by atoms with Crippen LogP contribution in [0.25, 0.3) is 0 Å². The largest absolute Gasteiger partial charge is 0.325 e. The van der Waals surface area contributed by atoms with E-state index in [9.17, 15) is 19.7 Å². The molecule has 0 saturated heterocycles. The number of amides is 2. The van der Waals surface area contributed by atoms with E-state index in [-0.39, 0.29) is 17.2 Å². The number of rotatable bonds is 8. The molecule has 0 radical (unpaired) electrons. The number of carbonyl (C=O) groups is 2. The number of nitro benzene ring substituents is 1. The first-order valence-electron chi connectivity index (χ1n) is 10.8. The molecule has 0 fully saturated rings. The van der Waals surface area contributed by atoms with E-state index in [1.807, 2.05) is 66.7 Å². The normalized spacial score (nSPS) is 11.4. The summed E-state index contributed by atoms with van der Waals surface area (Å²) in [6.07, 6.45) is 0. The molecule has 180 valence electrons. The van der Waals surface area contributed by atoms with Gasteiger partial charge in [0.05, 0.1) is 4.92 Å². The highest BCUT2D eigenvalue weighted by molar-refractivity contribution is 9.10. The Morgan fingerprint density at radius 2 is 1.44 bits per heavy atom. The molecule has 0 heterocycles. The number of hydrogen-bond donors (Lipinski definition) is 2. The second-order valence-electron chi connectivity index (χ2n) is 7.69. The highest BCUT2D eigenvalue weighted by atomic mass is 79.9. The summed E-state index contributed by atoms with van der Waals surface area (Å²) >= 11 is 4.79. The standard InChI is InChI=1S/C27H20BrN3O4S/c28-20-9-11-21(12-10-20)30-27(33)25(18-5-2-1-3-6-18)36-24-15-13-22(14-16-24)29-26(32)19-7-4-8-23(17-19)31(34)35/h1-17,25H,(H,29,32)(H,30,33). The van der Waals surface area contributed by atoms with Crippen molar-refractivity contribution in [1.29, 1.82) is 0 Å². The molecule has 0 bridgehead atoms. The number of nitrogens with zero attached hydrogens (tertiary/aromatic N) is 1. The third-order valence-corrected chi connectivity index (χ3v) is 6.93. The Labute approximate surface area is 220 Å². The van der Waals surface area contributed by atoms with Gasteiger partial charge < -0.3 is 10.6 Å². The van der Waals surface area contributed by atoms with E-state index >= 15 is 0 Å². The number of carbonyl (C=O) groups excluding carboxylic acids is 2. The maximum atomic E-state index is 13.2. The summed E-state index contributed by atoms with van der Waals surface area (Å²) in [6, 6.07) is 29.5. The number of benzene rings is 4. The van der Waals surface area contributed by atoms with E-state index in [0.717, 1.165) is 14.9 Å². The Bertz CT molecular complexity index is 1380. The number of non-ortho nitro benzene ring substituents is 1. The molecule has 0 aliphatic heterocycles. The van der Waals surface area contributed by atoms with Crippen molar-refractivity contribution in [3.63, 3.8) is 0 Å². The minimum atomic E-state index is -0.543. The zero-order valence-electron chi connectivity index (χ0n) is 18.8. The fraction of sp³-hybridized carbons (Fsp3) is 0.0370. The lowest BCUT2D eigenvalue weighted by Gasteiger charge is -2.17. The van der Waals surface area contributed by atoms with E-state index in [1.165, 1.54) is 36.0 Å². The average Bonchev–Trinajstić information content (AvgIpc) is 2.90. The van der Waals surface area contributed by atoms with Gasteiger partial charge in [-0.1, -0.05) is 52.3 Å². The fourth-order valence-electron chi connectivity index (χ4n) is 3.36. The van der Waals surface area contributed by atoms with Gasteiger partial charge in [0, 0.05) is 38.4 Å². The van der Waals surface area contributed by atoms with Crippen molar-refractivity contribution in [2.45, 2.75) is 10.1 Å². The molecule has 2 amide bonds. The third kappa shape index (κ3) is 6.59. The molecule has 1 unspecified atom stereocenters. The molecule has 2 N–H and O–H groups in total. The van der Waals surface area contributed by atoms with Crippen LogP contribution in [0.15, 0.2) is 112 Å². The summed E-state index contributed by atoms with van der Waals surface area (Å²) < 4.78 is 0.923. The van der Waals surface area contributed by atoms with Gasteiger partial charge in [0.1, 0.15) is 5.25 Å². The summed E-state index contributed by atoms with van der Waals surface area (Å²) in [4.78, 5) is 37.0. The van der Waals surface area contributed by atoms with Crippen molar-refractivity contribution in [3.8, 4) is 0 Å². The first kappa shape index (κ1) is 25.2. The van der Waals surface area contributed by atoms with E-state index < -0.39 is 16.1 Å². The Morgan fingerprint density at radius 3 is 2.11 bits per heavy atom. The first-order chi connectivity index (χ1) is 17.4. The molecule has 0 spiro atoms. The summed E-state index contributed by atoms with van der Waals surface area (Å²) in [5.74, 6) is -0.605. The van der Waals surface area contributed by atoms with Crippen molar-refractivity contribution < 1.29 is 14.5 Å². The zero-order valence-corrected chi connectivity index (χ0v) is 21.2. The maximum Gasteiger partial charge on any atom is 0.270 e. The predicted octanol–water partition coefficient (Wildman–Crippen LogP) is 7.08. The molecule has 9 heteroatoms. The van der Waals surface area contributed by atoms with Gasteiger partial charge in [-0.3, -0.25) is 19.7 Å². The smallest absolute Gasteiger partial charge is 0.270 e. The van der Waals surface area contributed by atoms with Crippen LogP contribution in [0, 0.1) is 10.1 Å². The minimum Gasteiger partial charge on any atom is -0.325 e. The van der Waals surface area contributed by atoms with Gasteiger partial charge in [-0.05, 0) is 60.2 Å². The highest BCUT2D eigenvalue weighted by Crippen LogP contribution is 2.37. The molecule has 4 rings (SSSR count). The van der Waals surface area contributed by atoms with Crippen LogP contribution in [0.5, 0.6) is 0 Å². The van der Waals surface area contributed by atoms with E-state index in [1.54, 1.807) is 12.1 Å². The highest BCUT2D eigenvalue weighted by Gasteiger charge is 2.22. The van der Waals surface area contributed by atoms with Crippen LogP contribution in [0.4, 0.5) is 17.1 Å². The molecule has 1 atom stereocenters. The lowest BCUT2D eigenvalue weighted by Crippen LogP contribution is -2.19. The van der Waals surface area contributed by atoms with Crippen LogP contribution < -0.4 is 10.6 Å². The molecule has 0 aliphatic carbocycles. The van der Waals surface area contributed by atoms with Crippen LogP contribution in [-0.4, -0.2) is 16.7 Å². The molecule has 0 saturated carbocycles. The number of nitrogens with one attached hydrogen (secondary N) is 2. The maximum absolute atomic E-state index is 13.2. The zero-order chi connectivity index (χ0) is 25.5. The number of halogens is 1. The lowest BCUT2D eigenvalue weighted by atomic mass is 10.1. The van der Waals surface area contributed by atoms with Crippen LogP contribution in [-0.2, 0) is 4.79 Å². The van der Waals surface area contributed by atoms with E-state index in [0.29, 0.717) is 11.4 Å². The number of anilines is 2. The molecule has 7 nitrogen and oxygen atoms in total. The van der Waals surface area contributed by atoms with Crippen LogP contribution in [0.1, 0.15) is 21.2 Å². The van der Waals surface area contributed by atoms with E-state index in [4.69, 9.17) is 0 Å². The number of nitro groups is 1. The molecule has 4 aromatic rings. The number of hydrogen-bond acceptors (Lipinski definition) is 5.